The first-order chi connectivity index (χ1) is 7.62. The van der Waals surface area contributed by atoms with Crippen LogP contribution in [0.3, 0.4) is 0 Å². The summed E-state index contributed by atoms with van der Waals surface area (Å²) in [5, 5.41) is 0. The lowest BCUT2D eigenvalue weighted by Crippen LogP contribution is -2.03. The van der Waals surface area contributed by atoms with Crippen molar-refractivity contribution in [1.29, 1.82) is 0 Å². The van der Waals surface area contributed by atoms with Gasteiger partial charge in [0.1, 0.15) is 5.75 Å². The average molecular weight is 357 g/mol. The molecular weight excluding hydrogens is 342 g/mol. The van der Waals surface area contributed by atoms with Gasteiger partial charge in [-0.3, -0.25) is 0 Å². The lowest BCUT2D eigenvalue weighted by atomic mass is 10.1. The SMILES string of the molecule is COc1c(C)c(OC)c(OC)c(CCl)c1I. The fourth-order valence-electron chi connectivity index (χ4n) is 1.64. The van der Waals surface area contributed by atoms with Crippen molar-refractivity contribution in [3.8, 4) is 17.2 Å². The maximum Gasteiger partial charge on any atom is 0.167 e. The normalized spacial score (nSPS) is 10.1. The molecule has 1 aromatic rings. The van der Waals surface area contributed by atoms with Crippen molar-refractivity contribution >= 4 is 34.2 Å². The second kappa shape index (κ2) is 5.82. The molecule has 0 amide bonds. The Labute approximate surface area is 114 Å². The number of methoxy groups -OCH3 is 3. The summed E-state index contributed by atoms with van der Waals surface area (Å²) in [5.41, 5.74) is 1.81. The van der Waals surface area contributed by atoms with Crippen LogP contribution in [0.25, 0.3) is 0 Å². The summed E-state index contributed by atoms with van der Waals surface area (Å²) in [6.45, 7) is 1.93. The third kappa shape index (κ3) is 2.18. The fourth-order valence-corrected chi connectivity index (χ4v) is 3.18. The number of benzene rings is 1. The van der Waals surface area contributed by atoms with Crippen molar-refractivity contribution in [3.63, 3.8) is 0 Å². The molecule has 0 saturated carbocycles. The van der Waals surface area contributed by atoms with Crippen molar-refractivity contribution in [3.05, 3.63) is 14.7 Å². The zero-order valence-corrected chi connectivity index (χ0v) is 12.6. The van der Waals surface area contributed by atoms with Crippen molar-refractivity contribution in [1.82, 2.24) is 0 Å². The van der Waals surface area contributed by atoms with E-state index in [1.807, 2.05) is 6.92 Å². The smallest absolute Gasteiger partial charge is 0.167 e. The predicted molar refractivity (Wildman–Crippen MR) is 73.1 cm³/mol. The van der Waals surface area contributed by atoms with Crippen molar-refractivity contribution in [2.45, 2.75) is 12.8 Å². The molecule has 0 radical (unpaired) electrons. The Morgan fingerprint density at radius 1 is 1.00 bits per heavy atom. The van der Waals surface area contributed by atoms with E-state index in [9.17, 15) is 0 Å². The van der Waals surface area contributed by atoms with E-state index in [4.69, 9.17) is 25.8 Å². The summed E-state index contributed by atoms with van der Waals surface area (Å²) in [5.74, 6) is 2.50. The first kappa shape index (κ1) is 13.7. The van der Waals surface area contributed by atoms with E-state index in [2.05, 4.69) is 22.6 Å². The second-order valence-electron chi connectivity index (χ2n) is 3.15. The molecule has 0 aliphatic carbocycles. The zero-order valence-electron chi connectivity index (χ0n) is 9.69. The molecule has 0 aliphatic rings. The minimum Gasteiger partial charge on any atom is -0.495 e. The summed E-state index contributed by atoms with van der Waals surface area (Å²) < 4.78 is 17.0. The summed E-state index contributed by atoms with van der Waals surface area (Å²) in [6, 6.07) is 0. The number of alkyl halides is 1. The molecule has 3 nitrogen and oxygen atoms in total. The molecule has 0 heterocycles. The van der Waals surface area contributed by atoms with Crippen LogP contribution < -0.4 is 14.2 Å². The van der Waals surface area contributed by atoms with Gasteiger partial charge in [0, 0.05) is 11.1 Å². The molecule has 16 heavy (non-hydrogen) atoms. The molecule has 90 valence electrons. The molecule has 0 bridgehead atoms. The highest BCUT2D eigenvalue weighted by molar-refractivity contribution is 14.1. The van der Waals surface area contributed by atoms with Gasteiger partial charge in [0.15, 0.2) is 11.5 Å². The van der Waals surface area contributed by atoms with Gasteiger partial charge >= 0.3 is 0 Å². The topological polar surface area (TPSA) is 27.7 Å². The first-order valence-electron chi connectivity index (χ1n) is 4.65. The molecule has 0 aromatic heterocycles. The van der Waals surface area contributed by atoms with Crippen molar-refractivity contribution < 1.29 is 14.2 Å². The van der Waals surface area contributed by atoms with Crippen molar-refractivity contribution in [2.24, 2.45) is 0 Å². The van der Waals surface area contributed by atoms with Crippen LogP contribution in [0.2, 0.25) is 0 Å². The van der Waals surface area contributed by atoms with E-state index in [-0.39, 0.29) is 0 Å². The Morgan fingerprint density at radius 2 is 1.50 bits per heavy atom. The maximum atomic E-state index is 5.93. The van der Waals surface area contributed by atoms with E-state index in [1.165, 1.54) is 0 Å². The van der Waals surface area contributed by atoms with Gasteiger partial charge < -0.3 is 14.2 Å². The molecule has 0 atom stereocenters. The number of ether oxygens (including phenoxy) is 3. The Balaban J connectivity index is 3.61. The van der Waals surface area contributed by atoms with E-state index >= 15 is 0 Å². The van der Waals surface area contributed by atoms with Crippen LogP contribution >= 0.6 is 34.2 Å². The Morgan fingerprint density at radius 3 is 1.88 bits per heavy atom. The average Bonchev–Trinajstić information content (AvgIpc) is 2.29. The van der Waals surface area contributed by atoms with Crippen LogP contribution in [-0.4, -0.2) is 21.3 Å². The number of hydrogen-bond donors (Lipinski definition) is 0. The Kier molecular flexibility index (Phi) is 4.98. The van der Waals surface area contributed by atoms with Gasteiger partial charge in [-0.1, -0.05) is 0 Å². The zero-order chi connectivity index (χ0) is 12.3. The van der Waals surface area contributed by atoms with Gasteiger partial charge in [-0.15, -0.1) is 11.6 Å². The Bertz CT molecular complexity index is 362. The van der Waals surface area contributed by atoms with Gasteiger partial charge in [-0.05, 0) is 29.5 Å². The summed E-state index contributed by atoms with van der Waals surface area (Å²) in [6.07, 6.45) is 0. The fraction of sp³-hybridized carbons (Fsp3) is 0.455. The summed E-state index contributed by atoms with van der Waals surface area (Å²) in [4.78, 5) is 0. The standard InChI is InChI=1S/C11H14ClIO3/c1-6-9(14-2)8(13)7(5-12)11(16-4)10(6)15-3/h5H2,1-4H3. The molecule has 0 fully saturated rings. The van der Waals surface area contributed by atoms with E-state index in [0.717, 1.165) is 20.4 Å². The quantitative estimate of drug-likeness (QED) is 0.611. The molecule has 0 aliphatic heterocycles. The van der Waals surface area contributed by atoms with Crippen LogP contribution in [0, 0.1) is 10.5 Å². The summed E-state index contributed by atoms with van der Waals surface area (Å²) in [7, 11) is 4.85. The lowest BCUT2D eigenvalue weighted by molar-refractivity contribution is 0.342. The number of halogens is 2. The third-order valence-corrected chi connectivity index (χ3v) is 3.78. The predicted octanol–water partition coefficient (Wildman–Crippen LogP) is 3.36. The minimum absolute atomic E-state index is 0.356. The van der Waals surface area contributed by atoms with Gasteiger partial charge in [0.25, 0.3) is 0 Å². The summed E-state index contributed by atoms with van der Waals surface area (Å²) >= 11 is 8.13. The number of rotatable bonds is 4. The third-order valence-electron chi connectivity index (χ3n) is 2.37. The molecule has 1 aromatic carbocycles. The van der Waals surface area contributed by atoms with Gasteiger partial charge in [-0.25, -0.2) is 0 Å². The largest absolute Gasteiger partial charge is 0.495 e. The highest BCUT2D eigenvalue weighted by atomic mass is 127. The molecule has 0 saturated heterocycles. The van der Waals surface area contributed by atoms with Crippen LogP contribution in [0.15, 0.2) is 0 Å². The molecular formula is C11H14ClIO3. The van der Waals surface area contributed by atoms with E-state index < -0.39 is 0 Å². The molecule has 1 rings (SSSR count). The van der Waals surface area contributed by atoms with Crippen LogP contribution in [-0.2, 0) is 5.88 Å². The monoisotopic (exact) mass is 356 g/mol. The van der Waals surface area contributed by atoms with E-state index in [1.54, 1.807) is 21.3 Å². The van der Waals surface area contributed by atoms with Gasteiger partial charge in [-0.2, -0.15) is 0 Å². The lowest BCUT2D eigenvalue weighted by Gasteiger charge is -2.19. The van der Waals surface area contributed by atoms with Crippen LogP contribution in [0.4, 0.5) is 0 Å². The molecule has 0 unspecified atom stereocenters. The van der Waals surface area contributed by atoms with Crippen LogP contribution in [0.5, 0.6) is 17.2 Å². The minimum atomic E-state index is 0.356. The molecule has 0 spiro atoms. The highest BCUT2D eigenvalue weighted by Crippen LogP contribution is 2.44. The highest BCUT2D eigenvalue weighted by Gasteiger charge is 2.21. The Hall–Kier alpha value is -0.360. The van der Waals surface area contributed by atoms with Gasteiger partial charge in [0.05, 0.1) is 30.8 Å². The molecule has 5 heteroatoms. The number of hydrogen-bond acceptors (Lipinski definition) is 3. The van der Waals surface area contributed by atoms with Gasteiger partial charge in [0.2, 0.25) is 0 Å². The maximum absolute atomic E-state index is 5.93. The van der Waals surface area contributed by atoms with Crippen molar-refractivity contribution in [2.75, 3.05) is 21.3 Å². The van der Waals surface area contributed by atoms with E-state index in [0.29, 0.717) is 17.4 Å². The first-order valence-corrected chi connectivity index (χ1v) is 6.26. The second-order valence-corrected chi connectivity index (χ2v) is 4.50. The van der Waals surface area contributed by atoms with Crippen LogP contribution in [0.1, 0.15) is 11.1 Å². The molecule has 0 N–H and O–H groups in total.